The minimum absolute atomic E-state index is 0.500. The number of aliphatic hydroxyl groups excluding tert-OH is 1. The van der Waals surface area contributed by atoms with Gasteiger partial charge in [-0.05, 0) is 35.6 Å². The first-order chi connectivity index (χ1) is 6.86. The topological polar surface area (TPSA) is 44.3 Å². The lowest BCUT2D eigenvalue weighted by atomic mass is 9.95. The maximum atomic E-state index is 9.87. The lowest BCUT2D eigenvalue weighted by Gasteiger charge is -2.30. The molecule has 1 unspecified atom stereocenters. The fraction of sp³-hybridized carbons (Fsp3) is 0.400. The van der Waals surface area contributed by atoms with Gasteiger partial charge in [-0.1, -0.05) is 0 Å². The SMILES string of the molecule is OC1Nc2ccsc2C2=C1CNCC2. The summed E-state index contributed by atoms with van der Waals surface area (Å²) in [5.41, 5.74) is 3.55. The fourth-order valence-electron chi connectivity index (χ4n) is 2.12. The third-order valence-electron chi connectivity index (χ3n) is 2.82. The van der Waals surface area contributed by atoms with Gasteiger partial charge >= 0.3 is 0 Å². The summed E-state index contributed by atoms with van der Waals surface area (Å²) in [5, 5.41) is 18.3. The van der Waals surface area contributed by atoms with Gasteiger partial charge in [-0.15, -0.1) is 11.3 Å². The minimum atomic E-state index is -0.500. The molecule has 0 aromatic carbocycles. The molecule has 1 atom stereocenters. The molecule has 0 spiro atoms. The number of thiophene rings is 1. The monoisotopic (exact) mass is 208 g/mol. The normalized spacial score (nSPS) is 25.4. The molecular formula is C10H12N2OS. The predicted octanol–water partition coefficient (Wildman–Crippen LogP) is 1.24. The Morgan fingerprint density at radius 1 is 1.50 bits per heavy atom. The fourth-order valence-corrected chi connectivity index (χ4v) is 3.09. The second-order valence-electron chi connectivity index (χ2n) is 3.64. The van der Waals surface area contributed by atoms with Gasteiger partial charge in [0, 0.05) is 6.54 Å². The number of anilines is 1. The van der Waals surface area contributed by atoms with Crippen LogP contribution in [0.15, 0.2) is 17.0 Å². The first-order valence-electron chi connectivity index (χ1n) is 4.81. The summed E-state index contributed by atoms with van der Waals surface area (Å²) in [6.45, 7) is 1.82. The smallest absolute Gasteiger partial charge is 0.148 e. The van der Waals surface area contributed by atoms with Crippen molar-refractivity contribution in [2.75, 3.05) is 18.4 Å². The van der Waals surface area contributed by atoms with Gasteiger partial charge in [0.1, 0.15) is 6.23 Å². The van der Waals surface area contributed by atoms with Gasteiger partial charge in [0.15, 0.2) is 0 Å². The molecule has 3 nitrogen and oxygen atoms in total. The number of hydrogen-bond donors (Lipinski definition) is 3. The van der Waals surface area contributed by atoms with Gasteiger partial charge in [-0.3, -0.25) is 0 Å². The van der Waals surface area contributed by atoms with Crippen LogP contribution in [0.4, 0.5) is 5.69 Å². The van der Waals surface area contributed by atoms with E-state index in [9.17, 15) is 5.11 Å². The molecule has 2 aliphatic heterocycles. The van der Waals surface area contributed by atoms with Crippen LogP contribution in [-0.4, -0.2) is 24.4 Å². The van der Waals surface area contributed by atoms with E-state index in [0.717, 1.165) is 30.8 Å². The summed E-state index contributed by atoms with van der Waals surface area (Å²) < 4.78 is 0. The van der Waals surface area contributed by atoms with Crippen LogP contribution in [0.3, 0.4) is 0 Å². The van der Waals surface area contributed by atoms with Crippen molar-refractivity contribution >= 4 is 22.6 Å². The van der Waals surface area contributed by atoms with E-state index in [4.69, 9.17) is 0 Å². The van der Waals surface area contributed by atoms with E-state index in [2.05, 4.69) is 16.0 Å². The number of aliphatic hydroxyl groups is 1. The molecule has 3 heterocycles. The molecular weight excluding hydrogens is 196 g/mol. The highest BCUT2D eigenvalue weighted by Gasteiger charge is 2.27. The van der Waals surface area contributed by atoms with Crippen molar-refractivity contribution in [3.8, 4) is 0 Å². The van der Waals surface area contributed by atoms with Gasteiger partial charge in [-0.25, -0.2) is 0 Å². The second-order valence-corrected chi connectivity index (χ2v) is 4.56. The van der Waals surface area contributed by atoms with Gasteiger partial charge in [0.05, 0.1) is 10.6 Å². The van der Waals surface area contributed by atoms with E-state index in [1.165, 1.54) is 10.5 Å². The largest absolute Gasteiger partial charge is 0.370 e. The number of hydrogen-bond acceptors (Lipinski definition) is 4. The maximum absolute atomic E-state index is 9.87. The minimum Gasteiger partial charge on any atom is -0.370 e. The summed E-state index contributed by atoms with van der Waals surface area (Å²) >= 11 is 1.75. The van der Waals surface area contributed by atoms with E-state index in [-0.39, 0.29) is 0 Å². The Balaban J connectivity index is 2.15. The summed E-state index contributed by atoms with van der Waals surface area (Å²) in [7, 11) is 0. The summed E-state index contributed by atoms with van der Waals surface area (Å²) in [6, 6.07) is 2.04. The van der Waals surface area contributed by atoms with E-state index >= 15 is 0 Å². The molecule has 3 rings (SSSR count). The van der Waals surface area contributed by atoms with Gasteiger partial charge in [0.2, 0.25) is 0 Å². The van der Waals surface area contributed by atoms with Crippen molar-refractivity contribution in [2.45, 2.75) is 12.6 Å². The standard InChI is InChI=1S/C10H12N2OS/c13-10-7-5-11-3-1-6(7)9-8(12-10)2-4-14-9/h2,4,10-13H,1,3,5H2. The molecule has 0 radical (unpaired) electrons. The van der Waals surface area contributed by atoms with E-state index in [1.54, 1.807) is 11.3 Å². The first-order valence-corrected chi connectivity index (χ1v) is 5.69. The number of fused-ring (bicyclic) bond motifs is 2. The van der Waals surface area contributed by atoms with E-state index in [0.29, 0.717) is 0 Å². The Bertz CT molecular complexity index is 397. The molecule has 0 amide bonds. The molecule has 4 heteroatoms. The molecule has 2 aliphatic rings. The van der Waals surface area contributed by atoms with Crippen LogP contribution >= 0.6 is 11.3 Å². The molecule has 1 aromatic heterocycles. The third-order valence-corrected chi connectivity index (χ3v) is 3.79. The lowest BCUT2D eigenvalue weighted by molar-refractivity contribution is 0.234. The molecule has 74 valence electrons. The van der Waals surface area contributed by atoms with E-state index < -0.39 is 6.23 Å². The molecule has 0 bridgehead atoms. The molecule has 3 N–H and O–H groups in total. The van der Waals surface area contributed by atoms with Crippen molar-refractivity contribution in [3.63, 3.8) is 0 Å². The summed E-state index contributed by atoms with van der Waals surface area (Å²) in [6.07, 6.45) is 0.529. The Morgan fingerprint density at radius 3 is 3.36 bits per heavy atom. The Labute approximate surface area is 86.5 Å². The Hall–Kier alpha value is -0.840. The molecule has 0 aliphatic carbocycles. The molecule has 0 saturated heterocycles. The van der Waals surface area contributed by atoms with E-state index in [1.807, 2.05) is 6.07 Å². The highest BCUT2D eigenvalue weighted by Crippen LogP contribution is 2.39. The van der Waals surface area contributed by atoms with Crippen molar-refractivity contribution in [3.05, 3.63) is 21.9 Å². The van der Waals surface area contributed by atoms with Crippen LogP contribution in [0.5, 0.6) is 0 Å². The lowest BCUT2D eigenvalue weighted by Crippen LogP contribution is -2.36. The van der Waals surface area contributed by atoms with Crippen LogP contribution in [0.25, 0.3) is 5.57 Å². The van der Waals surface area contributed by atoms with Crippen LogP contribution in [0.2, 0.25) is 0 Å². The van der Waals surface area contributed by atoms with Crippen molar-refractivity contribution < 1.29 is 5.11 Å². The zero-order valence-electron chi connectivity index (χ0n) is 7.71. The molecule has 1 aromatic rings. The maximum Gasteiger partial charge on any atom is 0.148 e. The van der Waals surface area contributed by atoms with Gasteiger partial charge in [-0.2, -0.15) is 0 Å². The average Bonchev–Trinajstić information content (AvgIpc) is 2.66. The quantitative estimate of drug-likeness (QED) is 0.601. The molecule has 14 heavy (non-hydrogen) atoms. The number of rotatable bonds is 0. The zero-order chi connectivity index (χ0) is 9.54. The Kier molecular flexibility index (Phi) is 1.87. The highest BCUT2D eigenvalue weighted by atomic mass is 32.1. The first kappa shape index (κ1) is 8.47. The highest BCUT2D eigenvalue weighted by molar-refractivity contribution is 7.11. The summed E-state index contributed by atoms with van der Waals surface area (Å²) in [4.78, 5) is 1.31. The summed E-state index contributed by atoms with van der Waals surface area (Å²) in [5.74, 6) is 0. The average molecular weight is 208 g/mol. The van der Waals surface area contributed by atoms with Crippen molar-refractivity contribution in [2.24, 2.45) is 0 Å². The molecule has 0 fully saturated rings. The van der Waals surface area contributed by atoms with Crippen LogP contribution in [0, 0.1) is 0 Å². The predicted molar refractivity (Wildman–Crippen MR) is 58.4 cm³/mol. The number of nitrogens with one attached hydrogen (secondary N) is 2. The van der Waals surface area contributed by atoms with Gasteiger partial charge < -0.3 is 15.7 Å². The van der Waals surface area contributed by atoms with Crippen LogP contribution in [0.1, 0.15) is 11.3 Å². The van der Waals surface area contributed by atoms with Crippen molar-refractivity contribution in [1.82, 2.24) is 5.32 Å². The zero-order valence-corrected chi connectivity index (χ0v) is 8.53. The van der Waals surface area contributed by atoms with Crippen molar-refractivity contribution in [1.29, 1.82) is 0 Å². The van der Waals surface area contributed by atoms with Crippen LogP contribution in [-0.2, 0) is 0 Å². The molecule has 0 saturated carbocycles. The second kappa shape index (κ2) is 3.08. The Morgan fingerprint density at radius 2 is 2.43 bits per heavy atom. The third kappa shape index (κ3) is 1.11. The van der Waals surface area contributed by atoms with Gasteiger partial charge in [0.25, 0.3) is 0 Å². The van der Waals surface area contributed by atoms with Crippen LogP contribution < -0.4 is 10.6 Å².